The van der Waals surface area contributed by atoms with Crippen LogP contribution in [-0.4, -0.2) is 41.3 Å². The Labute approximate surface area is 226 Å². The number of nitrogens with zero attached hydrogens (tertiary/aromatic N) is 1. The van der Waals surface area contributed by atoms with E-state index >= 15 is 0 Å². The Hall–Kier alpha value is -3.62. The van der Waals surface area contributed by atoms with E-state index in [0.29, 0.717) is 27.3 Å². The van der Waals surface area contributed by atoms with E-state index in [1.807, 2.05) is 68.4 Å². The lowest BCUT2D eigenvalue weighted by Gasteiger charge is -2.14. The van der Waals surface area contributed by atoms with E-state index in [0.717, 1.165) is 34.4 Å². The van der Waals surface area contributed by atoms with Crippen LogP contribution >= 0.6 is 24.0 Å². The summed E-state index contributed by atoms with van der Waals surface area (Å²) in [6.45, 7) is 4.33. The van der Waals surface area contributed by atoms with Crippen LogP contribution in [0.15, 0.2) is 71.6 Å². The molecule has 0 radical (unpaired) electrons. The van der Waals surface area contributed by atoms with Gasteiger partial charge in [0.15, 0.2) is 18.1 Å². The maximum Gasteiger partial charge on any atom is 0.266 e. The number of carbonyl (C=O) groups excluding carboxylic acids is 2. The molecule has 190 valence electrons. The van der Waals surface area contributed by atoms with E-state index in [1.165, 1.54) is 18.9 Å². The minimum atomic E-state index is -0.265. The van der Waals surface area contributed by atoms with Gasteiger partial charge in [-0.2, -0.15) is 0 Å². The third-order valence-electron chi connectivity index (χ3n) is 6.06. The molecule has 1 saturated heterocycles. The number of hydrogen-bond acceptors (Lipinski definition) is 6. The second-order valence-corrected chi connectivity index (χ2v) is 10.2. The molecule has 1 fully saturated rings. The van der Waals surface area contributed by atoms with E-state index in [4.69, 9.17) is 21.7 Å². The summed E-state index contributed by atoms with van der Waals surface area (Å²) in [6.07, 6.45) is 2.53. The SMILES string of the molecule is COc1cc(/C=C2\SC(=S)N(CCc3ccccc3)C2=O)ccc1OCC(=O)Nc1cccc(C)c1C. The number of carbonyl (C=O) groups is 2. The smallest absolute Gasteiger partial charge is 0.266 e. The van der Waals surface area contributed by atoms with Crippen molar-refractivity contribution in [1.82, 2.24) is 4.90 Å². The summed E-state index contributed by atoms with van der Waals surface area (Å²) >= 11 is 6.75. The van der Waals surface area contributed by atoms with Gasteiger partial charge in [0.25, 0.3) is 11.8 Å². The zero-order valence-corrected chi connectivity index (χ0v) is 22.6. The van der Waals surface area contributed by atoms with Crippen molar-refractivity contribution in [2.24, 2.45) is 0 Å². The molecule has 0 bridgehead atoms. The first kappa shape index (κ1) is 26.4. The molecule has 3 aromatic carbocycles. The topological polar surface area (TPSA) is 67.9 Å². The molecule has 0 aromatic heterocycles. The highest BCUT2D eigenvalue weighted by Crippen LogP contribution is 2.35. The fraction of sp³-hybridized carbons (Fsp3) is 0.207. The number of hydrogen-bond donors (Lipinski definition) is 1. The largest absolute Gasteiger partial charge is 0.493 e. The minimum Gasteiger partial charge on any atom is -0.493 e. The van der Waals surface area contributed by atoms with Gasteiger partial charge >= 0.3 is 0 Å². The number of thioether (sulfide) groups is 1. The van der Waals surface area contributed by atoms with Gasteiger partial charge in [-0.05, 0) is 66.8 Å². The lowest BCUT2D eigenvalue weighted by atomic mass is 10.1. The van der Waals surface area contributed by atoms with E-state index in [2.05, 4.69) is 5.32 Å². The van der Waals surface area contributed by atoms with E-state index in [-0.39, 0.29) is 18.4 Å². The van der Waals surface area contributed by atoms with Gasteiger partial charge < -0.3 is 14.8 Å². The van der Waals surface area contributed by atoms with Crippen LogP contribution in [0.25, 0.3) is 6.08 Å². The van der Waals surface area contributed by atoms with Crippen LogP contribution < -0.4 is 14.8 Å². The number of anilines is 1. The van der Waals surface area contributed by atoms with Gasteiger partial charge in [-0.1, -0.05) is 72.5 Å². The number of ether oxygens (including phenoxy) is 2. The normalized spacial score (nSPS) is 14.2. The quantitative estimate of drug-likeness (QED) is 0.279. The molecule has 2 amide bonds. The number of thiocarbonyl (C=S) groups is 1. The van der Waals surface area contributed by atoms with Gasteiger partial charge in [-0.25, -0.2) is 0 Å². The highest BCUT2D eigenvalue weighted by Gasteiger charge is 2.31. The summed E-state index contributed by atoms with van der Waals surface area (Å²) in [5, 5.41) is 2.88. The molecule has 0 spiro atoms. The number of methoxy groups -OCH3 is 1. The predicted octanol–water partition coefficient (Wildman–Crippen LogP) is 5.77. The minimum absolute atomic E-state index is 0.103. The van der Waals surface area contributed by atoms with Crippen molar-refractivity contribution in [1.29, 1.82) is 0 Å². The van der Waals surface area contributed by atoms with Gasteiger partial charge in [0.1, 0.15) is 4.32 Å². The van der Waals surface area contributed by atoms with Crippen molar-refractivity contribution < 1.29 is 19.1 Å². The Balaban J connectivity index is 1.39. The Morgan fingerprint density at radius 1 is 1.05 bits per heavy atom. The van der Waals surface area contributed by atoms with Gasteiger partial charge in [-0.3, -0.25) is 14.5 Å². The molecular formula is C29H28N2O4S2. The molecule has 6 nitrogen and oxygen atoms in total. The number of nitrogens with one attached hydrogen (secondary N) is 1. The molecule has 1 N–H and O–H groups in total. The Bertz CT molecular complexity index is 1360. The Morgan fingerprint density at radius 3 is 2.59 bits per heavy atom. The molecule has 37 heavy (non-hydrogen) atoms. The van der Waals surface area contributed by atoms with Crippen LogP contribution in [0.1, 0.15) is 22.3 Å². The standard InChI is InChI=1S/C29H28N2O4S2/c1-19-8-7-11-23(20(19)2)30-27(32)18-35-24-13-12-22(16-25(24)34-3)17-26-28(33)31(29(36)37-26)15-14-21-9-5-4-6-10-21/h4-13,16-17H,14-15,18H2,1-3H3,(H,30,32)/b26-17-. The molecule has 3 aromatic rings. The maximum absolute atomic E-state index is 13.0. The molecule has 0 saturated carbocycles. The van der Waals surface area contributed by atoms with Crippen LogP contribution in [0.4, 0.5) is 5.69 Å². The first-order chi connectivity index (χ1) is 17.9. The first-order valence-corrected chi connectivity index (χ1v) is 13.0. The molecule has 1 aliphatic heterocycles. The Kier molecular flexibility index (Phi) is 8.63. The molecule has 1 aliphatic rings. The van der Waals surface area contributed by atoms with Crippen LogP contribution in [0.2, 0.25) is 0 Å². The van der Waals surface area contributed by atoms with Crippen molar-refractivity contribution in [3.8, 4) is 11.5 Å². The summed E-state index contributed by atoms with van der Waals surface area (Å²) in [4.78, 5) is 27.6. The summed E-state index contributed by atoms with van der Waals surface area (Å²) < 4.78 is 11.8. The van der Waals surface area contributed by atoms with Crippen molar-refractivity contribution in [2.75, 3.05) is 25.6 Å². The second-order valence-electron chi connectivity index (χ2n) is 8.56. The van der Waals surface area contributed by atoms with Crippen LogP contribution in [0.3, 0.4) is 0 Å². The predicted molar refractivity (Wildman–Crippen MR) is 153 cm³/mol. The third-order valence-corrected chi connectivity index (χ3v) is 7.44. The average Bonchev–Trinajstić information content (AvgIpc) is 3.16. The number of rotatable bonds is 9. The molecule has 0 aliphatic carbocycles. The van der Waals surface area contributed by atoms with Crippen LogP contribution in [0.5, 0.6) is 11.5 Å². The molecule has 0 atom stereocenters. The number of amides is 2. The lowest BCUT2D eigenvalue weighted by molar-refractivity contribution is -0.122. The van der Waals surface area contributed by atoms with Crippen molar-refractivity contribution in [3.05, 3.63) is 93.9 Å². The average molecular weight is 533 g/mol. The summed E-state index contributed by atoms with van der Waals surface area (Å²) in [7, 11) is 1.53. The highest BCUT2D eigenvalue weighted by atomic mass is 32.2. The monoisotopic (exact) mass is 532 g/mol. The fourth-order valence-corrected chi connectivity index (χ4v) is 5.15. The molecule has 0 unspecified atom stereocenters. The zero-order valence-electron chi connectivity index (χ0n) is 20.9. The number of aryl methyl sites for hydroxylation is 1. The molecule has 8 heteroatoms. The van der Waals surface area contributed by atoms with Crippen molar-refractivity contribution >= 4 is 51.9 Å². The van der Waals surface area contributed by atoms with Crippen molar-refractivity contribution in [3.63, 3.8) is 0 Å². The van der Waals surface area contributed by atoms with E-state index in [1.54, 1.807) is 23.1 Å². The summed E-state index contributed by atoms with van der Waals surface area (Å²) in [5.74, 6) is 0.534. The lowest BCUT2D eigenvalue weighted by Crippen LogP contribution is -2.30. The van der Waals surface area contributed by atoms with Crippen LogP contribution in [-0.2, 0) is 16.0 Å². The zero-order chi connectivity index (χ0) is 26.4. The van der Waals surface area contributed by atoms with Crippen molar-refractivity contribution in [2.45, 2.75) is 20.3 Å². The summed E-state index contributed by atoms with van der Waals surface area (Å²) in [5.41, 5.74) is 4.81. The van der Waals surface area contributed by atoms with Gasteiger partial charge in [0.2, 0.25) is 0 Å². The molecular weight excluding hydrogens is 504 g/mol. The second kappa shape index (κ2) is 12.1. The van der Waals surface area contributed by atoms with Crippen LogP contribution in [0, 0.1) is 13.8 Å². The van der Waals surface area contributed by atoms with E-state index in [9.17, 15) is 9.59 Å². The van der Waals surface area contributed by atoms with Gasteiger partial charge in [-0.15, -0.1) is 0 Å². The molecule has 1 heterocycles. The maximum atomic E-state index is 13.0. The first-order valence-electron chi connectivity index (χ1n) is 11.8. The van der Waals surface area contributed by atoms with Gasteiger partial charge in [0, 0.05) is 12.2 Å². The third kappa shape index (κ3) is 6.58. The van der Waals surface area contributed by atoms with E-state index < -0.39 is 0 Å². The fourth-order valence-electron chi connectivity index (χ4n) is 3.84. The Morgan fingerprint density at radius 2 is 1.84 bits per heavy atom. The summed E-state index contributed by atoms with van der Waals surface area (Å²) in [6, 6.07) is 21.1. The molecule has 4 rings (SSSR count). The number of benzene rings is 3. The highest BCUT2D eigenvalue weighted by molar-refractivity contribution is 8.26. The van der Waals surface area contributed by atoms with Gasteiger partial charge in [0.05, 0.1) is 12.0 Å².